The third-order valence-electron chi connectivity index (χ3n) is 3.27. The summed E-state index contributed by atoms with van der Waals surface area (Å²) in [5, 5.41) is 2.82. The van der Waals surface area contributed by atoms with E-state index in [1.165, 1.54) is 24.3 Å². The van der Waals surface area contributed by atoms with Gasteiger partial charge >= 0.3 is 5.51 Å². The van der Waals surface area contributed by atoms with Crippen molar-refractivity contribution in [3.8, 4) is 0 Å². The van der Waals surface area contributed by atoms with Crippen molar-refractivity contribution in [3.05, 3.63) is 58.7 Å². The summed E-state index contributed by atoms with van der Waals surface area (Å²) in [4.78, 5) is 12.3. The molecule has 0 atom stereocenters. The van der Waals surface area contributed by atoms with E-state index in [9.17, 15) is 18.0 Å². The number of benzene rings is 2. The van der Waals surface area contributed by atoms with Gasteiger partial charge in [0.1, 0.15) is 0 Å². The molecule has 122 valence electrons. The summed E-state index contributed by atoms with van der Waals surface area (Å²) in [7, 11) is 0. The lowest BCUT2D eigenvalue weighted by Gasteiger charge is -2.13. The van der Waals surface area contributed by atoms with Gasteiger partial charge < -0.3 is 5.32 Å². The highest BCUT2D eigenvalue weighted by Crippen LogP contribution is 2.36. The first-order valence-corrected chi connectivity index (χ1v) is 7.72. The molecule has 1 N–H and O–H groups in total. The van der Waals surface area contributed by atoms with Crippen LogP contribution >= 0.6 is 11.8 Å². The fourth-order valence-electron chi connectivity index (χ4n) is 2.37. The highest BCUT2D eigenvalue weighted by Gasteiger charge is 2.29. The predicted molar refractivity (Wildman–Crippen MR) is 87.0 cm³/mol. The van der Waals surface area contributed by atoms with Gasteiger partial charge in [-0.25, -0.2) is 0 Å². The molecular formula is C17H16F3NOS. The van der Waals surface area contributed by atoms with Gasteiger partial charge in [-0.3, -0.25) is 4.79 Å². The molecule has 2 aromatic carbocycles. The Morgan fingerprint density at radius 3 is 2.00 bits per heavy atom. The summed E-state index contributed by atoms with van der Waals surface area (Å²) in [5.41, 5.74) is -0.295. The molecule has 1 amide bonds. The molecule has 0 saturated heterocycles. The Labute approximate surface area is 137 Å². The van der Waals surface area contributed by atoms with Crippen molar-refractivity contribution in [2.45, 2.75) is 31.2 Å². The fourth-order valence-corrected chi connectivity index (χ4v) is 2.91. The topological polar surface area (TPSA) is 29.1 Å². The van der Waals surface area contributed by atoms with Crippen LogP contribution in [0.25, 0.3) is 0 Å². The van der Waals surface area contributed by atoms with Crippen molar-refractivity contribution in [1.82, 2.24) is 0 Å². The molecule has 2 nitrogen and oxygen atoms in total. The Hall–Kier alpha value is -1.95. The van der Waals surface area contributed by atoms with Gasteiger partial charge in [0.15, 0.2) is 0 Å². The van der Waals surface area contributed by atoms with Gasteiger partial charge in [0, 0.05) is 16.1 Å². The van der Waals surface area contributed by atoms with Crippen molar-refractivity contribution in [1.29, 1.82) is 0 Å². The van der Waals surface area contributed by atoms with E-state index in [1.807, 2.05) is 32.9 Å². The second kappa shape index (κ2) is 6.66. The summed E-state index contributed by atoms with van der Waals surface area (Å²) < 4.78 is 36.9. The van der Waals surface area contributed by atoms with Gasteiger partial charge in [-0.15, -0.1) is 0 Å². The number of hydrogen-bond acceptors (Lipinski definition) is 2. The van der Waals surface area contributed by atoms with E-state index in [0.717, 1.165) is 22.4 Å². The average Bonchev–Trinajstić information content (AvgIpc) is 2.41. The number of hydrogen-bond donors (Lipinski definition) is 1. The Morgan fingerprint density at radius 2 is 1.52 bits per heavy atom. The van der Waals surface area contributed by atoms with Crippen LogP contribution in [0.1, 0.15) is 27.0 Å². The molecule has 2 aromatic rings. The first-order valence-electron chi connectivity index (χ1n) is 6.91. The standard InChI is InChI=1S/C17H16F3NOS/c1-10-8-11(2)15(12(3)9-10)21-16(22)13-4-6-14(7-5-13)23-17(18,19)20/h4-9H,1-3H3,(H,21,22). The van der Waals surface area contributed by atoms with Gasteiger partial charge in [0.05, 0.1) is 0 Å². The largest absolute Gasteiger partial charge is 0.446 e. The quantitative estimate of drug-likeness (QED) is 0.751. The molecular weight excluding hydrogens is 323 g/mol. The molecule has 0 aliphatic carbocycles. The van der Waals surface area contributed by atoms with E-state index in [0.29, 0.717) is 5.56 Å². The van der Waals surface area contributed by atoms with Gasteiger partial charge in [0.25, 0.3) is 5.91 Å². The average molecular weight is 339 g/mol. The lowest BCUT2D eigenvalue weighted by Crippen LogP contribution is -2.14. The Balaban J connectivity index is 2.16. The van der Waals surface area contributed by atoms with E-state index in [-0.39, 0.29) is 22.6 Å². The second-order valence-electron chi connectivity index (χ2n) is 5.30. The van der Waals surface area contributed by atoms with Crippen molar-refractivity contribution < 1.29 is 18.0 Å². The Kier molecular flexibility index (Phi) is 5.04. The highest BCUT2D eigenvalue weighted by atomic mass is 32.2. The predicted octanol–water partition coefficient (Wildman–Crippen LogP) is 5.48. The SMILES string of the molecule is Cc1cc(C)c(NC(=O)c2ccc(SC(F)(F)F)cc2)c(C)c1. The minimum Gasteiger partial charge on any atom is -0.322 e. The zero-order valence-electron chi connectivity index (χ0n) is 12.9. The molecule has 0 heterocycles. The number of aryl methyl sites for hydroxylation is 3. The maximum absolute atomic E-state index is 12.3. The Morgan fingerprint density at radius 1 is 1.00 bits per heavy atom. The van der Waals surface area contributed by atoms with Crippen LogP contribution < -0.4 is 5.32 Å². The van der Waals surface area contributed by atoms with Crippen LogP contribution in [0.2, 0.25) is 0 Å². The number of carbonyl (C=O) groups excluding carboxylic acids is 1. The summed E-state index contributed by atoms with van der Waals surface area (Å²) >= 11 is -0.200. The minimum absolute atomic E-state index is 0.0525. The maximum Gasteiger partial charge on any atom is 0.446 e. The molecule has 0 unspecified atom stereocenters. The number of alkyl halides is 3. The lowest BCUT2D eigenvalue weighted by atomic mass is 10.0. The van der Waals surface area contributed by atoms with Crippen LogP contribution in [0.5, 0.6) is 0 Å². The number of thioether (sulfide) groups is 1. The smallest absolute Gasteiger partial charge is 0.322 e. The summed E-state index contributed by atoms with van der Waals surface area (Å²) in [6.07, 6.45) is 0. The molecule has 6 heteroatoms. The number of carbonyl (C=O) groups is 1. The normalized spacial score (nSPS) is 11.4. The molecule has 2 rings (SSSR count). The number of rotatable bonds is 3. The first kappa shape index (κ1) is 17.4. The number of anilines is 1. The maximum atomic E-state index is 12.3. The van der Waals surface area contributed by atoms with Crippen LogP contribution in [0.3, 0.4) is 0 Å². The van der Waals surface area contributed by atoms with Crippen molar-refractivity contribution in [2.24, 2.45) is 0 Å². The van der Waals surface area contributed by atoms with Crippen LogP contribution in [0.4, 0.5) is 18.9 Å². The minimum atomic E-state index is -4.33. The third kappa shape index (κ3) is 4.76. The molecule has 0 radical (unpaired) electrons. The molecule has 0 bridgehead atoms. The van der Waals surface area contributed by atoms with Crippen molar-refractivity contribution in [2.75, 3.05) is 5.32 Å². The first-order chi connectivity index (χ1) is 10.7. The lowest BCUT2D eigenvalue weighted by molar-refractivity contribution is -0.0328. The molecule has 0 saturated carbocycles. The fraction of sp³-hybridized carbons (Fsp3) is 0.235. The van der Waals surface area contributed by atoms with Crippen molar-refractivity contribution in [3.63, 3.8) is 0 Å². The van der Waals surface area contributed by atoms with Crippen LogP contribution in [0.15, 0.2) is 41.3 Å². The summed E-state index contributed by atoms with van der Waals surface area (Å²) in [5.74, 6) is -0.344. The molecule has 0 aliphatic heterocycles. The monoisotopic (exact) mass is 339 g/mol. The number of halogens is 3. The molecule has 0 aliphatic rings. The highest BCUT2D eigenvalue weighted by molar-refractivity contribution is 8.00. The molecule has 0 aromatic heterocycles. The van der Waals surface area contributed by atoms with E-state index in [2.05, 4.69) is 5.32 Å². The van der Waals surface area contributed by atoms with Gasteiger partial charge in [-0.1, -0.05) is 17.7 Å². The number of amides is 1. The van der Waals surface area contributed by atoms with E-state index >= 15 is 0 Å². The summed E-state index contributed by atoms with van der Waals surface area (Å²) in [6.45, 7) is 5.78. The van der Waals surface area contributed by atoms with Crippen molar-refractivity contribution >= 4 is 23.4 Å². The van der Waals surface area contributed by atoms with E-state index < -0.39 is 5.51 Å². The van der Waals surface area contributed by atoms with Gasteiger partial charge in [0.2, 0.25) is 0 Å². The molecule has 0 fully saturated rings. The van der Waals surface area contributed by atoms with E-state index in [1.54, 1.807) is 0 Å². The third-order valence-corrected chi connectivity index (χ3v) is 4.00. The van der Waals surface area contributed by atoms with Crippen LogP contribution in [-0.4, -0.2) is 11.4 Å². The van der Waals surface area contributed by atoms with Gasteiger partial charge in [-0.05, 0) is 67.9 Å². The van der Waals surface area contributed by atoms with Gasteiger partial charge in [-0.2, -0.15) is 13.2 Å². The molecule has 0 spiro atoms. The molecule has 23 heavy (non-hydrogen) atoms. The zero-order valence-corrected chi connectivity index (χ0v) is 13.7. The van der Waals surface area contributed by atoms with Crippen LogP contribution in [0, 0.1) is 20.8 Å². The summed E-state index contributed by atoms with van der Waals surface area (Å²) in [6, 6.07) is 9.30. The van der Waals surface area contributed by atoms with E-state index in [4.69, 9.17) is 0 Å². The Bertz CT molecular complexity index is 701. The second-order valence-corrected chi connectivity index (χ2v) is 6.44. The van der Waals surface area contributed by atoms with Crippen LogP contribution in [-0.2, 0) is 0 Å². The number of nitrogens with one attached hydrogen (secondary N) is 1. The zero-order chi connectivity index (χ0) is 17.2.